The van der Waals surface area contributed by atoms with Crippen molar-refractivity contribution in [2.24, 2.45) is 0 Å². The fourth-order valence-corrected chi connectivity index (χ4v) is 2.74. The molecule has 0 saturated heterocycles. The van der Waals surface area contributed by atoms with Crippen LogP contribution in [0.15, 0.2) is 52.3 Å². The summed E-state index contributed by atoms with van der Waals surface area (Å²) in [6.45, 7) is 5.89. The fourth-order valence-electron chi connectivity index (χ4n) is 1.87. The van der Waals surface area contributed by atoms with Crippen molar-refractivity contribution < 1.29 is 0 Å². The van der Waals surface area contributed by atoms with Crippen molar-refractivity contribution in [3.05, 3.63) is 59.2 Å². The van der Waals surface area contributed by atoms with Crippen molar-refractivity contribution in [1.29, 1.82) is 5.26 Å². The minimum atomic E-state index is 0.742. The first-order valence-electron chi connectivity index (χ1n) is 6.71. The van der Waals surface area contributed by atoms with Crippen LogP contribution in [-0.4, -0.2) is 6.54 Å². The van der Waals surface area contributed by atoms with Gasteiger partial charge >= 0.3 is 0 Å². The second-order valence-electron chi connectivity index (χ2n) is 4.64. The minimum absolute atomic E-state index is 0.742. The molecule has 0 aliphatic heterocycles. The number of benzene rings is 2. The van der Waals surface area contributed by atoms with Gasteiger partial charge in [-0.25, -0.2) is 0 Å². The number of rotatable bonds is 5. The normalized spacial score (nSPS) is 10.2. The van der Waals surface area contributed by atoms with Crippen LogP contribution >= 0.6 is 11.8 Å². The Hall–Kier alpha value is -1.76. The molecule has 20 heavy (non-hydrogen) atoms. The van der Waals surface area contributed by atoms with Crippen LogP contribution in [0.25, 0.3) is 0 Å². The summed E-state index contributed by atoms with van der Waals surface area (Å²) in [5, 5.41) is 12.6. The summed E-state index contributed by atoms with van der Waals surface area (Å²) in [6.07, 6.45) is 0. The first-order valence-corrected chi connectivity index (χ1v) is 7.53. The summed E-state index contributed by atoms with van der Waals surface area (Å²) >= 11 is 1.64. The molecule has 3 heteroatoms. The SMILES string of the molecule is CCNCc1ccc(Sc2ccc(C)cc2)c(C#N)c1. The molecule has 2 aromatic carbocycles. The maximum absolute atomic E-state index is 9.31. The average molecular weight is 282 g/mol. The van der Waals surface area contributed by atoms with Crippen LogP contribution in [-0.2, 0) is 6.54 Å². The van der Waals surface area contributed by atoms with E-state index in [2.05, 4.69) is 55.6 Å². The highest BCUT2D eigenvalue weighted by molar-refractivity contribution is 7.99. The van der Waals surface area contributed by atoms with Crippen LogP contribution in [0, 0.1) is 18.3 Å². The van der Waals surface area contributed by atoms with Gasteiger partial charge in [0, 0.05) is 16.3 Å². The van der Waals surface area contributed by atoms with Crippen LogP contribution in [0.4, 0.5) is 0 Å². The van der Waals surface area contributed by atoms with Gasteiger partial charge < -0.3 is 5.32 Å². The summed E-state index contributed by atoms with van der Waals surface area (Å²) in [7, 11) is 0. The molecule has 0 aromatic heterocycles. The highest BCUT2D eigenvalue weighted by Crippen LogP contribution is 2.30. The van der Waals surface area contributed by atoms with E-state index in [1.807, 2.05) is 12.1 Å². The van der Waals surface area contributed by atoms with Crippen molar-refractivity contribution >= 4 is 11.8 Å². The Morgan fingerprint density at radius 3 is 2.55 bits per heavy atom. The lowest BCUT2D eigenvalue weighted by Crippen LogP contribution is -2.11. The number of hydrogen-bond donors (Lipinski definition) is 1. The number of aryl methyl sites for hydroxylation is 1. The highest BCUT2D eigenvalue weighted by atomic mass is 32.2. The van der Waals surface area contributed by atoms with Crippen molar-refractivity contribution in [2.45, 2.75) is 30.2 Å². The maximum Gasteiger partial charge on any atom is 0.100 e. The Bertz CT molecular complexity index is 612. The third kappa shape index (κ3) is 3.86. The molecule has 0 bridgehead atoms. The molecular weight excluding hydrogens is 264 g/mol. The molecule has 0 unspecified atom stereocenters. The molecule has 0 amide bonds. The molecule has 0 aliphatic carbocycles. The molecule has 0 saturated carbocycles. The number of nitrogens with zero attached hydrogens (tertiary/aromatic N) is 1. The van der Waals surface area contributed by atoms with E-state index < -0.39 is 0 Å². The van der Waals surface area contributed by atoms with Gasteiger partial charge in [0.1, 0.15) is 6.07 Å². The Labute approximate surface area is 124 Å². The largest absolute Gasteiger partial charge is 0.313 e. The second kappa shape index (κ2) is 7.14. The third-order valence-electron chi connectivity index (χ3n) is 2.99. The van der Waals surface area contributed by atoms with Crippen LogP contribution in [0.5, 0.6) is 0 Å². The summed E-state index contributed by atoms with van der Waals surface area (Å²) in [6, 6.07) is 16.8. The van der Waals surface area contributed by atoms with Crippen LogP contribution in [0.2, 0.25) is 0 Å². The predicted octanol–water partition coefficient (Wildman–Crippen LogP) is 4.13. The highest BCUT2D eigenvalue weighted by Gasteiger charge is 2.05. The van der Waals surface area contributed by atoms with E-state index in [9.17, 15) is 5.26 Å². The zero-order valence-corrected chi connectivity index (χ0v) is 12.6. The van der Waals surface area contributed by atoms with E-state index in [-0.39, 0.29) is 0 Å². The van der Waals surface area contributed by atoms with E-state index in [0.717, 1.165) is 34.0 Å². The number of hydrogen-bond acceptors (Lipinski definition) is 3. The molecule has 0 fully saturated rings. The first-order chi connectivity index (χ1) is 9.72. The molecule has 0 heterocycles. The smallest absolute Gasteiger partial charge is 0.100 e. The van der Waals surface area contributed by atoms with Gasteiger partial charge in [-0.1, -0.05) is 42.4 Å². The van der Waals surface area contributed by atoms with Gasteiger partial charge in [0.05, 0.1) is 5.56 Å². The van der Waals surface area contributed by atoms with Crippen LogP contribution in [0.3, 0.4) is 0 Å². The van der Waals surface area contributed by atoms with E-state index in [4.69, 9.17) is 0 Å². The van der Waals surface area contributed by atoms with E-state index in [0.29, 0.717) is 0 Å². The molecular formula is C17H18N2S. The van der Waals surface area contributed by atoms with Crippen molar-refractivity contribution in [3.63, 3.8) is 0 Å². The zero-order chi connectivity index (χ0) is 14.4. The van der Waals surface area contributed by atoms with Gasteiger partial charge in [0.25, 0.3) is 0 Å². The van der Waals surface area contributed by atoms with Crippen LogP contribution < -0.4 is 5.32 Å². The Balaban J connectivity index is 2.19. The lowest BCUT2D eigenvalue weighted by atomic mass is 10.1. The Kier molecular flexibility index (Phi) is 5.23. The quantitative estimate of drug-likeness (QED) is 0.895. The van der Waals surface area contributed by atoms with Crippen molar-refractivity contribution in [3.8, 4) is 6.07 Å². The van der Waals surface area contributed by atoms with E-state index >= 15 is 0 Å². The lowest BCUT2D eigenvalue weighted by molar-refractivity contribution is 0.726. The van der Waals surface area contributed by atoms with Gasteiger partial charge in [-0.15, -0.1) is 0 Å². The van der Waals surface area contributed by atoms with Crippen LogP contribution in [0.1, 0.15) is 23.6 Å². The third-order valence-corrected chi connectivity index (χ3v) is 4.08. The van der Waals surface area contributed by atoms with Gasteiger partial charge in [0.2, 0.25) is 0 Å². The average Bonchev–Trinajstić information content (AvgIpc) is 2.48. The van der Waals surface area contributed by atoms with Gasteiger partial charge in [-0.05, 0) is 43.3 Å². The Morgan fingerprint density at radius 2 is 1.90 bits per heavy atom. The fraction of sp³-hybridized carbons (Fsp3) is 0.235. The summed E-state index contributed by atoms with van der Waals surface area (Å²) in [5.74, 6) is 0. The van der Waals surface area contributed by atoms with Crippen molar-refractivity contribution in [2.75, 3.05) is 6.54 Å². The van der Waals surface area contributed by atoms with Crippen molar-refractivity contribution in [1.82, 2.24) is 5.32 Å². The maximum atomic E-state index is 9.31. The van der Waals surface area contributed by atoms with Gasteiger partial charge in [-0.3, -0.25) is 0 Å². The molecule has 2 nitrogen and oxygen atoms in total. The van der Waals surface area contributed by atoms with E-state index in [1.54, 1.807) is 11.8 Å². The molecule has 0 aliphatic rings. The minimum Gasteiger partial charge on any atom is -0.313 e. The summed E-state index contributed by atoms with van der Waals surface area (Å²) < 4.78 is 0. The number of nitriles is 1. The zero-order valence-electron chi connectivity index (χ0n) is 11.8. The molecule has 2 aromatic rings. The lowest BCUT2D eigenvalue weighted by Gasteiger charge is -2.07. The molecule has 0 spiro atoms. The topological polar surface area (TPSA) is 35.8 Å². The van der Waals surface area contributed by atoms with Gasteiger partial charge in [0.15, 0.2) is 0 Å². The molecule has 1 N–H and O–H groups in total. The van der Waals surface area contributed by atoms with E-state index in [1.165, 1.54) is 5.56 Å². The monoisotopic (exact) mass is 282 g/mol. The second-order valence-corrected chi connectivity index (χ2v) is 5.75. The predicted molar refractivity (Wildman–Crippen MR) is 83.8 cm³/mol. The number of nitrogens with one attached hydrogen (secondary N) is 1. The van der Waals surface area contributed by atoms with Gasteiger partial charge in [-0.2, -0.15) is 5.26 Å². The molecule has 102 valence electrons. The Morgan fingerprint density at radius 1 is 1.15 bits per heavy atom. The molecule has 0 atom stereocenters. The standard InChI is InChI=1S/C17H18N2S/c1-3-19-12-14-6-9-17(15(10-14)11-18)20-16-7-4-13(2)5-8-16/h4-10,19H,3,12H2,1-2H3. The summed E-state index contributed by atoms with van der Waals surface area (Å²) in [5.41, 5.74) is 3.14. The first kappa shape index (κ1) is 14.6. The molecule has 2 rings (SSSR count). The summed E-state index contributed by atoms with van der Waals surface area (Å²) in [4.78, 5) is 2.17. The molecule has 0 radical (unpaired) electrons.